The number of hydrogen-bond donors (Lipinski definition) is 3. The van der Waals surface area contributed by atoms with Crippen LogP contribution in [0.5, 0.6) is 0 Å². The Bertz CT molecular complexity index is 849. The number of aliphatic carboxylic acids is 1. The summed E-state index contributed by atoms with van der Waals surface area (Å²) in [7, 11) is 1.28. The molecule has 0 aliphatic carbocycles. The third-order valence-electron chi connectivity index (χ3n) is 3.81. The molecule has 0 unspecified atom stereocenters. The van der Waals surface area contributed by atoms with Gasteiger partial charge in [0.25, 0.3) is 11.8 Å². The van der Waals surface area contributed by atoms with E-state index in [4.69, 9.17) is 5.73 Å². The lowest BCUT2D eigenvalue weighted by Crippen LogP contribution is -2.71. The van der Waals surface area contributed by atoms with Crippen molar-refractivity contribution in [1.82, 2.24) is 15.2 Å². The first-order chi connectivity index (χ1) is 12.3. The molecule has 3 rings (SSSR count). The Morgan fingerprint density at radius 3 is 2.85 bits per heavy atom. The largest absolute Gasteiger partial charge is 0.477 e. The number of hydrogen-bond acceptors (Lipinski definition) is 9. The Morgan fingerprint density at radius 1 is 1.54 bits per heavy atom. The first kappa shape index (κ1) is 18.2. The Balaban J connectivity index is 1.78. The van der Waals surface area contributed by atoms with Crippen LogP contribution in [-0.2, 0) is 19.2 Å². The standard InChI is InChI=1S/C14H15N5O5S2/c1-5-3-25-12-8(11(21)19(12)9(5)13(22)23)17-10(20)7(18-24-2)6-4-26-14(15)16-6/h4,8,12H,3H2,1-2H3,(H2,15,16)(H,17,20)(H,22,23)/b18-7-/t8-,12+/m1/s1. The third-order valence-corrected chi connectivity index (χ3v) is 5.91. The van der Waals surface area contributed by atoms with Crippen molar-refractivity contribution in [1.29, 1.82) is 0 Å². The van der Waals surface area contributed by atoms with E-state index in [2.05, 4.69) is 20.3 Å². The van der Waals surface area contributed by atoms with E-state index in [1.165, 1.54) is 23.8 Å². The van der Waals surface area contributed by atoms with Crippen LogP contribution in [0.3, 0.4) is 0 Å². The lowest BCUT2D eigenvalue weighted by Gasteiger charge is -2.49. The highest BCUT2D eigenvalue weighted by molar-refractivity contribution is 8.00. The van der Waals surface area contributed by atoms with Crippen molar-refractivity contribution < 1.29 is 24.3 Å². The van der Waals surface area contributed by atoms with Gasteiger partial charge in [-0.05, 0) is 12.5 Å². The van der Waals surface area contributed by atoms with Gasteiger partial charge >= 0.3 is 5.97 Å². The number of aromatic nitrogens is 1. The molecule has 1 fully saturated rings. The van der Waals surface area contributed by atoms with Gasteiger partial charge in [-0.2, -0.15) is 0 Å². The summed E-state index contributed by atoms with van der Waals surface area (Å²) >= 11 is 2.52. The van der Waals surface area contributed by atoms with E-state index in [0.717, 1.165) is 11.3 Å². The molecular formula is C14H15N5O5S2. The topological polar surface area (TPSA) is 147 Å². The van der Waals surface area contributed by atoms with Crippen molar-refractivity contribution >= 4 is 51.7 Å². The van der Waals surface area contributed by atoms with Crippen LogP contribution < -0.4 is 11.1 Å². The fourth-order valence-electron chi connectivity index (χ4n) is 2.68. The normalized spacial score (nSPS) is 22.6. The van der Waals surface area contributed by atoms with Crippen molar-refractivity contribution in [2.45, 2.75) is 18.3 Å². The second-order valence-electron chi connectivity index (χ2n) is 5.49. The number of fused-ring (bicyclic) bond motifs is 1. The van der Waals surface area contributed by atoms with E-state index in [0.29, 0.717) is 11.3 Å². The van der Waals surface area contributed by atoms with Gasteiger partial charge in [-0.1, -0.05) is 5.16 Å². The highest BCUT2D eigenvalue weighted by Gasteiger charge is 2.54. The van der Waals surface area contributed by atoms with Crippen molar-refractivity contribution in [2.24, 2.45) is 5.16 Å². The van der Waals surface area contributed by atoms with Crippen LogP contribution in [0.2, 0.25) is 0 Å². The predicted molar refractivity (Wildman–Crippen MR) is 95.4 cm³/mol. The molecule has 138 valence electrons. The SMILES string of the molecule is CO/N=C(\C(=O)N[C@@H]1C(=O)N2C(C(=O)O)=C(C)CS[C@@H]12)c1csc(N)n1. The van der Waals surface area contributed by atoms with E-state index < -0.39 is 29.2 Å². The number of thioether (sulfide) groups is 1. The van der Waals surface area contributed by atoms with Gasteiger partial charge in [-0.25, -0.2) is 9.78 Å². The first-order valence-electron chi connectivity index (χ1n) is 7.36. The fraction of sp³-hybridized carbons (Fsp3) is 0.357. The average Bonchev–Trinajstić information content (AvgIpc) is 3.02. The van der Waals surface area contributed by atoms with E-state index >= 15 is 0 Å². The number of nitrogens with two attached hydrogens (primary N) is 1. The summed E-state index contributed by atoms with van der Waals surface area (Å²) in [4.78, 5) is 46.2. The molecule has 1 saturated heterocycles. The van der Waals surface area contributed by atoms with Crippen molar-refractivity contribution in [3.05, 3.63) is 22.3 Å². The number of carboxylic acids is 1. The number of nitrogens with zero attached hydrogens (tertiary/aromatic N) is 3. The summed E-state index contributed by atoms with van der Waals surface area (Å²) in [5, 5.41) is 16.9. The van der Waals surface area contributed by atoms with Crippen LogP contribution in [0.1, 0.15) is 12.6 Å². The van der Waals surface area contributed by atoms with E-state index in [1.54, 1.807) is 12.3 Å². The van der Waals surface area contributed by atoms with Crippen molar-refractivity contribution in [3.8, 4) is 0 Å². The number of carboxylic acid groups (broad SMARTS) is 1. The zero-order valence-electron chi connectivity index (χ0n) is 13.8. The van der Waals surface area contributed by atoms with Crippen molar-refractivity contribution in [3.63, 3.8) is 0 Å². The maximum absolute atomic E-state index is 12.5. The quantitative estimate of drug-likeness (QED) is 0.353. The van der Waals surface area contributed by atoms with Crippen LogP contribution in [-0.4, -0.2) is 62.8 Å². The maximum atomic E-state index is 12.5. The minimum atomic E-state index is -1.16. The third kappa shape index (κ3) is 3.01. The van der Waals surface area contributed by atoms with Gasteiger partial charge in [0.05, 0.1) is 0 Å². The number of carbonyl (C=O) groups excluding carboxylic acids is 2. The molecule has 4 N–H and O–H groups in total. The van der Waals surface area contributed by atoms with Gasteiger partial charge in [0.15, 0.2) is 10.8 Å². The second-order valence-corrected chi connectivity index (χ2v) is 7.48. The Hall–Kier alpha value is -2.60. The zero-order valence-corrected chi connectivity index (χ0v) is 15.4. The molecule has 1 aromatic rings. The zero-order chi connectivity index (χ0) is 19.0. The molecule has 2 atom stereocenters. The average molecular weight is 397 g/mol. The molecule has 0 spiro atoms. The molecule has 26 heavy (non-hydrogen) atoms. The molecule has 0 bridgehead atoms. The number of nitrogen functional groups attached to an aromatic ring is 1. The molecule has 0 radical (unpaired) electrons. The predicted octanol–water partition coefficient (Wildman–Crippen LogP) is -0.166. The molecule has 2 aliphatic heterocycles. The summed E-state index contributed by atoms with van der Waals surface area (Å²) < 4.78 is 0. The number of thiazole rings is 1. The van der Waals surface area contributed by atoms with Crippen LogP contribution in [0.15, 0.2) is 21.8 Å². The molecule has 12 heteroatoms. The van der Waals surface area contributed by atoms with Crippen LogP contribution in [0, 0.1) is 0 Å². The number of nitrogens with one attached hydrogen (secondary N) is 1. The number of amides is 2. The van der Waals surface area contributed by atoms with Gasteiger partial charge in [0.1, 0.15) is 29.9 Å². The maximum Gasteiger partial charge on any atom is 0.352 e. The van der Waals surface area contributed by atoms with Gasteiger partial charge in [0, 0.05) is 11.1 Å². The highest BCUT2D eigenvalue weighted by atomic mass is 32.2. The van der Waals surface area contributed by atoms with Crippen LogP contribution in [0.25, 0.3) is 0 Å². The summed E-state index contributed by atoms with van der Waals surface area (Å²) in [5.41, 5.74) is 6.27. The molecule has 2 amide bonds. The van der Waals surface area contributed by atoms with Crippen LogP contribution >= 0.6 is 23.1 Å². The summed E-state index contributed by atoms with van der Waals surface area (Å²) in [5.74, 6) is -1.84. The van der Waals surface area contributed by atoms with Gasteiger partial charge < -0.3 is 21.0 Å². The molecule has 10 nitrogen and oxygen atoms in total. The summed E-state index contributed by atoms with van der Waals surface area (Å²) in [6.45, 7) is 1.67. The number of carbonyl (C=O) groups is 3. The van der Waals surface area contributed by atoms with Gasteiger partial charge in [0.2, 0.25) is 0 Å². The monoisotopic (exact) mass is 397 g/mol. The van der Waals surface area contributed by atoms with E-state index in [-0.39, 0.29) is 22.2 Å². The van der Waals surface area contributed by atoms with E-state index in [9.17, 15) is 19.5 Å². The number of rotatable bonds is 5. The van der Waals surface area contributed by atoms with Gasteiger partial charge in [-0.15, -0.1) is 23.1 Å². The molecule has 1 aromatic heterocycles. The van der Waals surface area contributed by atoms with E-state index in [1.807, 2.05) is 0 Å². The second kappa shape index (κ2) is 6.96. The summed E-state index contributed by atoms with van der Waals surface area (Å²) in [6.07, 6.45) is 0. The fourth-order valence-corrected chi connectivity index (χ4v) is 4.52. The lowest BCUT2D eigenvalue weighted by atomic mass is 10.0. The molecular weight excluding hydrogens is 382 g/mol. The highest BCUT2D eigenvalue weighted by Crippen LogP contribution is 2.40. The first-order valence-corrected chi connectivity index (χ1v) is 9.29. The molecule has 3 heterocycles. The van der Waals surface area contributed by atoms with Crippen LogP contribution in [0.4, 0.5) is 5.13 Å². The molecule has 2 aliphatic rings. The minimum Gasteiger partial charge on any atom is -0.477 e. The van der Waals surface area contributed by atoms with Crippen molar-refractivity contribution in [2.75, 3.05) is 18.6 Å². The minimum absolute atomic E-state index is 0.0256. The number of β-lactam (4-membered cyclic amide) rings is 1. The Labute approximate surface area is 156 Å². The van der Waals surface area contributed by atoms with Gasteiger partial charge in [-0.3, -0.25) is 14.5 Å². The Morgan fingerprint density at radius 2 is 2.27 bits per heavy atom. The Kier molecular flexibility index (Phi) is 4.87. The number of anilines is 1. The smallest absolute Gasteiger partial charge is 0.352 e. The molecule has 0 saturated carbocycles. The molecule has 0 aromatic carbocycles. The lowest BCUT2D eigenvalue weighted by molar-refractivity contribution is -0.150. The number of oxime groups is 1. The summed E-state index contributed by atoms with van der Waals surface area (Å²) in [6, 6.07) is -0.854.